The molecule has 1 aromatic rings. The predicted molar refractivity (Wildman–Crippen MR) is 83.0 cm³/mol. The van der Waals surface area contributed by atoms with Crippen LogP contribution in [0, 0.1) is 12.8 Å². The van der Waals surface area contributed by atoms with Crippen molar-refractivity contribution in [2.45, 2.75) is 30.1 Å². The van der Waals surface area contributed by atoms with E-state index in [1.165, 1.54) is 11.3 Å². The smallest absolute Gasteiger partial charge is 0.252 e. The maximum absolute atomic E-state index is 12.5. The van der Waals surface area contributed by atoms with Gasteiger partial charge in [-0.3, -0.25) is 4.90 Å². The summed E-state index contributed by atoms with van der Waals surface area (Å²) in [5.41, 5.74) is 0. The molecule has 0 amide bonds. The van der Waals surface area contributed by atoms with Crippen LogP contribution in [0.5, 0.6) is 0 Å². The Balaban J connectivity index is 1.57. The summed E-state index contributed by atoms with van der Waals surface area (Å²) in [6.07, 6.45) is 2.02. The summed E-state index contributed by atoms with van der Waals surface area (Å²) in [5.74, 6) is 0.473. The molecule has 0 radical (unpaired) electrons. The van der Waals surface area contributed by atoms with E-state index in [2.05, 4.69) is 4.90 Å². The molecule has 0 unspecified atom stereocenters. The Labute approximate surface area is 130 Å². The normalized spacial score (nSPS) is 23.3. The van der Waals surface area contributed by atoms with Gasteiger partial charge in [-0.25, -0.2) is 8.42 Å². The van der Waals surface area contributed by atoms with Crippen LogP contribution < -0.4 is 0 Å². The van der Waals surface area contributed by atoms with Crippen molar-refractivity contribution in [1.29, 1.82) is 0 Å². The molecule has 21 heavy (non-hydrogen) atoms. The first-order valence-electron chi connectivity index (χ1n) is 7.44. The van der Waals surface area contributed by atoms with Gasteiger partial charge in [-0.2, -0.15) is 4.31 Å². The van der Waals surface area contributed by atoms with Crippen LogP contribution in [0.3, 0.4) is 0 Å². The van der Waals surface area contributed by atoms with Crippen molar-refractivity contribution in [3.05, 3.63) is 17.0 Å². The van der Waals surface area contributed by atoms with E-state index in [0.29, 0.717) is 42.9 Å². The summed E-state index contributed by atoms with van der Waals surface area (Å²) in [6.45, 7) is 5.02. The molecule has 2 fully saturated rings. The first-order valence-corrected chi connectivity index (χ1v) is 9.69. The third-order valence-corrected chi connectivity index (χ3v) is 7.62. The van der Waals surface area contributed by atoms with Gasteiger partial charge in [0.25, 0.3) is 10.0 Å². The molecular formula is C14H22N2O3S2. The molecule has 1 aliphatic heterocycles. The van der Waals surface area contributed by atoms with Crippen molar-refractivity contribution >= 4 is 21.4 Å². The second-order valence-electron chi connectivity index (χ2n) is 5.97. The van der Waals surface area contributed by atoms with Crippen LogP contribution in [0.2, 0.25) is 0 Å². The van der Waals surface area contributed by atoms with E-state index >= 15 is 0 Å². The van der Waals surface area contributed by atoms with Crippen LogP contribution in [0.4, 0.5) is 0 Å². The molecule has 5 nitrogen and oxygen atoms in total. The molecule has 0 spiro atoms. The average Bonchev–Trinajstić information content (AvgIpc) is 3.21. The van der Waals surface area contributed by atoms with Crippen LogP contribution in [0.1, 0.15) is 17.7 Å². The molecule has 3 rings (SSSR count). The summed E-state index contributed by atoms with van der Waals surface area (Å²) < 4.78 is 27.0. The van der Waals surface area contributed by atoms with Gasteiger partial charge in [0.05, 0.1) is 6.10 Å². The van der Waals surface area contributed by atoms with Crippen molar-refractivity contribution in [2.24, 2.45) is 5.92 Å². The van der Waals surface area contributed by atoms with E-state index in [9.17, 15) is 13.5 Å². The van der Waals surface area contributed by atoms with Crippen molar-refractivity contribution < 1.29 is 13.5 Å². The van der Waals surface area contributed by atoms with Crippen LogP contribution in [0.15, 0.2) is 16.3 Å². The number of β-amino-alcohol motifs (C(OH)–C–C–N with tert-alkyl or cyclic N) is 1. The van der Waals surface area contributed by atoms with E-state index in [-0.39, 0.29) is 6.10 Å². The monoisotopic (exact) mass is 330 g/mol. The molecule has 1 atom stereocenters. The minimum Gasteiger partial charge on any atom is -0.392 e. The topological polar surface area (TPSA) is 60.9 Å². The molecular weight excluding hydrogens is 308 g/mol. The number of nitrogens with zero attached hydrogens (tertiary/aromatic N) is 2. The van der Waals surface area contributed by atoms with Crippen molar-refractivity contribution in [2.75, 3.05) is 32.7 Å². The number of sulfonamides is 1. The highest BCUT2D eigenvalue weighted by Crippen LogP contribution is 2.33. The van der Waals surface area contributed by atoms with Gasteiger partial charge in [-0.15, -0.1) is 11.3 Å². The van der Waals surface area contributed by atoms with Gasteiger partial charge in [-0.1, -0.05) is 0 Å². The third-order valence-electron chi connectivity index (χ3n) is 4.25. The van der Waals surface area contributed by atoms with E-state index in [1.807, 2.05) is 13.0 Å². The highest BCUT2D eigenvalue weighted by molar-refractivity contribution is 7.91. The molecule has 1 saturated carbocycles. The molecule has 7 heteroatoms. The van der Waals surface area contributed by atoms with Gasteiger partial charge < -0.3 is 5.11 Å². The van der Waals surface area contributed by atoms with E-state index in [4.69, 9.17) is 0 Å². The number of hydrogen-bond acceptors (Lipinski definition) is 5. The largest absolute Gasteiger partial charge is 0.392 e. The molecule has 0 bridgehead atoms. The van der Waals surface area contributed by atoms with Crippen LogP contribution in [-0.2, 0) is 10.0 Å². The Hall–Kier alpha value is -0.470. The van der Waals surface area contributed by atoms with E-state index in [1.54, 1.807) is 10.4 Å². The second kappa shape index (κ2) is 5.96. The number of piperazine rings is 1. The Bertz CT molecular complexity index is 587. The molecule has 2 aliphatic rings. The minimum absolute atomic E-state index is 0.242. The van der Waals surface area contributed by atoms with Gasteiger partial charge in [-0.05, 0) is 37.8 Å². The maximum Gasteiger partial charge on any atom is 0.252 e. The van der Waals surface area contributed by atoms with Crippen molar-refractivity contribution in [3.8, 4) is 0 Å². The lowest BCUT2D eigenvalue weighted by Crippen LogP contribution is -2.50. The lowest BCUT2D eigenvalue weighted by atomic mass is 10.2. The van der Waals surface area contributed by atoms with Gasteiger partial charge in [0.2, 0.25) is 0 Å². The number of aliphatic hydroxyl groups excluding tert-OH is 1. The Morgan fingerprint density at radius 1 is 1.29 bits per heavy atom. The van der Waals surface area contributed by atoms with Crippen molar-refractivity contribution in [3.63, 3.8) is 0 Å². The van der Waals surface area contributed by atoms with Crippen LogP contribution in [-0.4, -0.2) is 61.6 Å². The lowest BCUT2D eigenvalue weighted by Gasteiger charge is -2.34. The van der Waals surface area contributed by atoms with Gasteiger partial charge in [0.1, 0.15) is 4.21 Å². The van der Waals surface area contributed by atoms with Crippen molar-refractivity contribution in [1.82, 2.24) is 9.21 Å². The number of rotatable bonds is 5. The Morgan fingerprint density at radius 3 is 2.48 bits per heavy atom. The summed E-state index contributed by atoms with van der Waals surface area (Å²) in [4.78, 5) is 3.19. The summed E-state index contributed by atoms with van der Waals surface area (Å²) in [7, 11) is -3.33. The summed E-state index contributed by atoms with van der Waals surface area (Å²) in [5, 5.41) is 9.98. The number of thiophene rings is 1. The minimum atomic E-state index is -3.33. The molecule has 118 valence electrons. The zero-order chi connectivity index (χ0) is 15.0. The number of hydrogen-bond donors (Lipinski definition) is 1. The highest BCUT2D eigenvalue weighted by atomic mass is 32.2. The lowest BCUT2D eigenvalue weighted by molar-refractivity contribution is 0.0782. The number of aryl methyl sites for hydroxylation is 1. The fraction of sp³-hybridized carbons (Fsp3) is 0.714. The predicted octanol–water partition coefficient (Wildman–Crippen LogP) is 1.13. The Morgan fingerprint density at radius 2 is 1.95 bits per heavy atom. The standard InChI is InChI=1S/C14H22N2O3S2/c1-11-2-5-14(20-11)21(18,19)16-8-6-15(7-9-16)10-13(17)12-3-4-12/h2,5,12-13,17H,3-4,6-10H2,1H3/t13-/m1/s1. The molecule has 1 aromatic heterocycles. The summed E-state index contributed by atoms with van der Waals surface area (Å²) in [6, 6.07) is 3.54. The molecule has 2 heterocycles. The van der Waals surface area contributed by atoms with E-state index in [0.717, 1.165) is 17.7 Å². The maximum atomic E-state index is 12.5. The van der Waals surface area contributed by atoms with Crippen LogP contribution >= 0.6 is 11.3 Å². The quantitative estimate of drug-likeness (QED) is 0.879. The Kier molecular flexibility index (Phi) is 4.38. The molecule has 0 aromatic carbocycles. The highest BCUT2D eigenvalue weighted by Gasteiger charge is 2.33. The van der Waals surface area contributed by atoms with Gasteiger partial charge in [0, 0.05) is 37.6 Å². The average molecular weight is 330 g/mol. The number of aliphatic hydroxyl groups is 1. The molecule has 1 saturated heterocycles. The SMILES string of the molecule is Cc1ccc(S(=O)(=O)N2CCN(C[C@@H](O)C3CC3)CC2)s1. The zero-order valence-electron chi connectivity index (χ0n) is 12.2. The third kappa shape index (κ3) is 3.48. The molecule has 1 N–H and O–H groups in total. The first-order chi connectivity index (χ1) is 9.96. The first kappa shape index (κ1) is 15.4. The summed E-state index contributed by atoms with van der Waals surface area (Å²) >= 11 is 1.33. The van der Waals surface area contributed by atoms with E-state index < -0.39 is 10.0 Å². The fourth-order valence-corrected chi connectivity index (χ4v) is 5.58. The fourth-order valence-electron chi connectivity index (χ4n) is 2.73. The molecule has 1 aliphatic carbocycles. The van der Waals surface area contributed by atoms with Gasteiger partial charge >= 0.3 is 0 Å². The zero-order valence-corrected chi connectivity index (χ0v) is 13.9. The second-order valence-corrected chi connectivity index (χ2v) is 9.43. The van der Waals surface area contributed by atoms with Crippen LogP contribution in [0.25, 0.3) is 0 Å². The van der Waals surface area contributed by atoms with Gasteiger partial charge in [0.15, 0.2) is 0 Å².